The molecular weight excluding hydrogens is 313 g/mol. The molecule has 128 valence electrons. The van der Waals surface area contributed by atoms with Crippen LogP contribution in [0.3, 0.4) is 0 Å². The van der Waals surface area contributed by atoms with Crippen LogP contribution in [-0.2, 0) is 9.59 Å². The number of likely N-dealkylation sites (tertiary alicyclic amines) is 1. The second-order valence-corrected chi connectivity index (χ2v) is 6.44. The molecule has 2 atom stereocenters. The first-order valence-electron chi connectivity index (χ1n) is 8.13. The molecule has 3 rings (SSSR count). The number of hydrogen-bond donors (Lipinski definition) is 1. The molecule has 0 saturated carbocycles. The Balaban J connectivity index is 1.67. The number of amides is 4. The number of rotatable bonds is 3. The van der Waals surface area contributed by atoms with Crippen molar-refractivity contribution in [3.05, 3.63) is 30.1 Å². The number of carbonyl (C=O) groups is 3. The lowest BCUT2D eigenvalue weighted by Gasteiger charge is -2.31. The van der Waals surface area contributed by atoms with Crippen molar-refractivity contribution in [1.29, 1.82) is 0 Å². The third-order valence-electron chi connectivity index (χ3n) is 4.49. The molecule has 2 aliphatic heterocycles. The Morgan fingerprint density at radius 2 is 2.00 bits per heavy atom. The van der Waals surface area contributed by atoms with Crippen LogP contribution in [0.1, 0.15) is 26.2 Å². The Bertz CT molecular complexity index is 662. The first-order valence-corrected chi connectivity index (χ1v) is 8.13. The Morgan fingerprint density at radius 3 is 2.67 bits per heavy atom. The molecule has 2 heterocycles. The van der Waals surface area contributed by atoms with E-state index in [4.69, 9.17) is 0 Å². The molecular formula is C17H20FN3O3. The molecule has 1 N–H and O–H groups in total. The van der Waals surface area contributed by atoms with Gasteiger partial charge in [0.15, 0.2) is 0 Å². The third kappa shape index (κ3) is 3.25. The van der Waals surface area contributed by atoms with Gasteiger partial charge in [-0.15, -0.1) is 0 Å². The zero-order valence-electron chi connectivity index (χ0n) is 13.5. The Kier molecular flexibility index (Phi) is 4.51. The van der Waals surface area contributed by atoms with Crippen molar-refractivity contribution in [3.63, 3.8) is 0 Å². The van der Waals surface area contributed by atoms with Crippen molar-refractivity contribution < 1.29 is 18.8 Å². The van der Waals surface area contributed by atoms with Crippen molar-refractivity contribution >= 4 is 23.5 Å². The summed E-state index contributed by atoms with van der Waals surface area (Å²) in [5.74, 6) is -0.602. The Morgan fingerprint density at radius 1 is 1.29 bits per heavy atom. The minimum atomic E-state index is -0.868. The molecule has 24 heavy (non-hydrogen) atoms. The van der Waals surface area contributed by atoms with Crippen LogP contribution in [0.5, 0.6) is 0 Å². The first-order chi connectivity index (χ1) is 11.5. The summed E-state index contributed by atoms with van der Waals surface area (Å²) in [6.45, 7) is 3.48. The van der Waals surface area contributed by atoms with Crippen molar-refractivity contribution in [1.82, 2.24) is 10.2 Å². The normalized spacial score (nSPS) is 24.2. The molecule has 2 fully saturated rings. The third-order valence-corrected chi connectivity index (χ3v) is 4.49. The zero-order chi connectivity index (χ0) is 17.3. The molecule has 0 unspecified atom stereocenters. The maximum absolute atomic E-state index is 13.0. The fraction of sp³-hybridized carbons (Fsp3) is 0.471. The molecule has 7 heteroatoms. The number of piperidine rings is 1. The van der Waals surface area contributed by atoms with Crippen LogP contribution >= 0.6 is 0 Å². The summed E-state index contributed by atoms with van der Waals surface area (Å²) in [5.41, 5.74) is 0.292. The standard InChI is InChI=1S/C17H20FN3O3/c1-11-3-2-8-20(10-11)15(22)9-14-16(23)21(17(24)19-14)13-6-4-12(18)5-7-13/h4-7,11,14H,2-3,8-10H2,1H3,(H,19,24)/t11-,14+/m1/s1. The summed E-state index contributed by atoms with van der Waals surface area (Å²) in [7, 11) is 0. The second kappa shape index (κ2) is 6.59. The van der Waals surface area contributed by atoms with Gasteiger partial charge in [0.05, 0.1) is 12.1 Å². The predicted octanol–water partition coefficient (Wildman–Crippen LogP) is 1.90. The van der Waals surface area contributed by atoms with Gasteiger partial charge in [-0.25, -0.2) is 14.1 Å². The molecule has 1 aromatic carbocycles. The van der Waals surface area contributed by atoms with Crippen molar-refractivity contribution in [2.45, 2.75) is 32.2 Å². The van der Waals surface area contributed by atoms with E-state index in [1.165, 1.54) is 24.3 Å². The average molecular weight is 333 g/mol. The summed E-state index contributed by atoms with van der Waals surface area (Å²) in [5, 5.41) is 2.54. The van der Waals surface area contributed by atoms with Gasteiger partial charge in [0.25, 0.3) is 5.91 Å². The maximum Gasteiger partial charge on any atom is 0.329 e. The van der Waals surface area contributed by atoms with E-state index >= 15 is 0 Å². The van der Waals surface area contributed by atoms with Crippen molar-refractivity contribution in [2.75, 3.05) is 18.0 Å². The molecule has 2 aliphatic rings. The van der Waals surface area contributed by atoms with Gasteiger partial charge in [-0.2, -0.15) is 0 Å². The monoisotopic (exact) mass is 333 g/mol. The number of imide groups is 1. The van der Waals surface area contributed by atoms with Gasteiger partial charge in [-0.05, 0) is 43.0 Å². The molecule has 4 amide bonds. The van der Waals surface area contributed by atoms with Crippen molar-refractivity contribution in [3.8, 4) is 0 Å². The molecule has 0 bridgehead atoms. The quantitative estimate of drug-likeness (QED) is 0.859. The van der Waals surface area contributed by atoms with Crippen LogP contribution in [0.4, 0.5) is 14.9 Å². The van der Waals surface area contributed by atoms with Gasteiger partial charge in [-0.3, -0.25) is 9.59 Å². The smallest absolute Gasteiger partial charge is 0.329 e. The van der Waals surface area contributed by atoms with E-state index in [1.807, 2.05) is 0 Å². The minimum Gasteiger partial charge on any atom is -0.342 e. The Hall–Kier alpha value is -2.44. The highest BCUT2D eigenvalue weighted by Crippen LogP contribution is 2.22. The molecule has 0 aromatic heterocycles. The highest BCUT2D eigenvalue weighted by molar-refractivity contribution is 6.22. The van der Waals surface area contributed by atoms with Gasteiger partial charge in [0.1, 0.15) is 11.9 Å². The topological polar surface area (TPSA) is 69.7 Å². The Labute approximate surface area is 139 Å². The SMILES string of the molecule is C[C@@H]1CCCN(C(=O)C[C@@H]2NC(=O)N(c3ccc(F)cc3)C2=O)C1. The number of halogens is 1. The van der Waals surface area contributed by atoms with Crippen LogP contribution in [0.2, 0.25) is 0 Å². The van der Waals surface area contributed by atoms with Gasteiger partial charge < -0.3 is 10.2 Å². The van der Waals surface area contributed by atoms with Gasteiger partial charge in [-0.1, -0.05) is 6.92 Å². The van der Waals surface area contributed by atoms with Gasteiger partial charge in [0, 0.05) is 13.1 Å². The van der Waals surface area contributed by atoms with Crippen LogP contribution in [0.25, 0.3) is 0 Å². The highest BCUT2D eigenvalue weighted by Gasteiger charge is 2.40. The molecule has 1 aromatic rings. The highest BCUT2D eigenvalue weighted by atomic mass is 19.1. The lowest BCUT2D eigenvalue weighted by Crippen LogP contribution is -2.43. The van der Waals surface area contributed by atoms with E-state index in [0.717, 1.165) is 17.7 Å². The number of hydrogen-bond acceptors (Lipinski definition) is 3. The summed E-state index contributed by atoms with van der Waals surface area (Å²) in [6, 6.07) is 3.64. The maximum atomic E-state index is 13.0. The molecule has 6 nitrogen and oxygen atoms in total. The number of benzene rings is 1. The summed E-state index contributed by atoms with van der Waals surface area (Å²) < 4.78 is 13.0. The number of anilines is 1. The predicted molar refractivity (Wildman–Crippen MR) is 85.8 cm³/mol. The number of nitrogens with one attached hydrogen (secondary N) is 1. The molecule has 0 spiro atoms. The van der Waals surface area contributed by atoms with E-state index < -0.39 is 23.8 Å². The summed E-state index contributed by atoms with van der Waals surface area (Å²) in [6.07, 6.45) is 2.01. The number of urea groups is 1. The second-order valence-electron chi connectivity index (χ2n) is 6.44. The number of carbonyl (C=O) groups excluding carboxylic acids is 3. The van der Waals surface area contributed by atoms with E-state index in [9.17, 15) is 18.8 Å². The van der Waals surface area contributed by atoms with E-state index in [0.29, 0.717) is 24.7 Å². The summed E-state index contributed by atoms with van der Waals surface area (Å²) >= 11 is 0. The lowest BCUT2D eigenvalue weighted by atomic mass is 9.99. The fourth-order valence-corrected chi connectivity index (χ4v) is 3.22. The zero-order valence-corrected chi connectivity index (χ0v) is 13.5. The summed E-state index contributed by atoms with van der Waals surface area (Å²) in [4.78, 5) is 39.6. The minimum absolute atomic E-state index is 0.0466. The van der Waals surface area contributed by atoms with Crippen molar-refractivity contribution in [2.24, 2.45) is 5.92 Å². The molecule has 0 aliphatic carbocycles. The van der Waals surface area contributed by atoms with Crippen LogP contribution < -0.4 is 10.2 Å². The van der Waals surface area contributed by atoms with E-state index in [-0.39, 0.29) is 12.3 Å². The molecule has 2 saturated heterocycles. The van der Waals surface area contributed by atoms with E-state index in [1.54, 1.807) is 4.90 Å². The van der Waals surface area contributed by atoms with Crippen LogP contribution in [0.15, 0.2) is 24.3 Å². The van der Waals surface area contributed by atoms with Crippen LogP contribution in [-0.4, -0.2) is 41.9 Å². The largest absolute Gasteiger partial charge is 0.342 e. The lowest BCUT2D eigenvalue weighted by molar-refractivity contribution is -0.135. The van der Waals surface area contributed by atoms with Crippen LogP contribution in [0, 0.1) is 11.7 Å². The number of nitrogens with zero attached hydrogens (tertiary/aromatic N) is 2. The fourth-order valence-electron chi connectivity index (χ4n) is 3.22. The average Bonchev–Trinajstić information content (AvgIpc) is 2.82. The first kappa shape index (κ1) is 16.4. The van der Waals surface area contributed by atoms with Gasteiger partial charge in [0.2, 0.25) is 5.91 Å². The molecule has 0 radical (unpaired) electrons. The van der Waals surface area contributed by atoms with E-state index in [2.05, 4.69) is 12.2 Å². The van der Waals surface area contributed by atoms with Gasteiger partial charge >= 0.3 is 6.03 Å².